The van der Waals surface area contributed by atoms with Gasteiger partial charge >= 0.3 is 0 Å². The second-order valence-corrected chi connectivity index (χ2v) is 8.03. The van der Waals surface area contributed by atoms with Crippen LogP contribution in [-0.2, 0) is 14.1 Å². The topological polar surface area (TPSA) is 22.8 Å². The predicted molar refractivity (Wildman–Crippen MR) is 123 cm³/mol. The number of aryl methyl sites for hydroxylation is 2. The Morgan fingerprint density at radius 2 is 1.52 bits per heavy atom. The fourth-order valence-corrected chi connectivity index (χ4v) is 4.80. The summed E-state index contributed by atoms with van der Waals surface area (Å²) in [5, 5.41) is 5.42. The molecule has 0 saturated heterocycles. The number of pyridine rings is 1. The van der Waals surface area contributed by atoms with Crippen LogP contribution >= 0.6 is 11.6 Å². The number of benzene rings is 3. The smallest absolute Gasteiger partial charge is 0.142 e. The molecule has 0 atom stereocenters. The minimum absolute atomic E-state index is 0.723. The normalized spacial score (nSPS) is 12.0. The van der Waals surface area contributed by atoms with Crippen molar-refractivity contribution < 1.29 is 0 Å². The lowest BCUT2D eigenvalue weighted by molar-refractivity contribution is 0.970. The molecule has 0 bridgehead atoms. The Morgan fingerprint density at radius 3 is 2.34 bits per heavy atom. The molecule has 0 unspecified atom stereocenters. The van der Waals surface area contributed by atoms with Gasteiger partial charge in [0.2, 0.25) is 0 Å². The molecule has 3 heterocycles. The molecule has 0 amide bonds. The van der Waals surface area contributed by atoms with Gasteiger partial charge in [-0.15, -0.1) is 0 Å². The molecule has 0 aliphatic carbocycles. The van der Waals surface area contributed by atoms with Gasteiger partial charge in [0.15, 0.2) is 0 Å². The maximum Gasteiger partial charge on any atom is 0.142 e. The zero-order valence-corrected chi connectivity index (χ0v) is 16.9. The van der Waals surface area contributed by atoms with Gasteiger partial charge in [0.05, 0.1) is 11.0 Å². The van der Waals surface area contributed by atoms with E-state index in [-0.39, 0.29) is 0 Å². The van der Waals surface area contributed by atoms with E-state index in [0.29, 0.717) is 0 Å². The molecule has 6 aromatic rings. The summed E-state index contributed by atoms with van der Waals surface area (Å²) >= 11 is 6.44. The number of rotatable bonds is 1. The van der Waals surface area contributed by atoms with Crippen LogP contribution in [0.1, 0.15) is 0 Å². The van der Waals surface area contributed by atoms with Gasteiger partial charge in [0.25, 0.3) is 0 Å². The van der Waals surface area contributed by atoms with Gasteiger partial charge in [-0.2, -0.15) is 0 Å². The third-order valence-electron chi connectivity index (χ3n) is 5.95. The standard InChI is InChI=1S/C25H18ClN3/c1-28-14-19(16-7-3-5-9-21(16)28)23-18-13-15(26)11-12-20(18)27-25-24(23)17-8-4-6-10-22(17)29(25)2/h3-14H,1-2H3. The maximum absolute atomic E-state index is 6.44. The summed E-state index contributed by atoms with van der Waals surface area (Å²) in [5.74, 6) is 0. The Morgan fingerprint density at radius 1 is 0.793 bits per heavy atom. The largest absolute Gasteiger partial charge is 0.350 e. The molecule has 3 aromatic heterocycles. The number of para-hydroxylation sites is 2. The Balaban J connectivity index is 1.94. The molecule has 4 heteroatoms. The van der Waals surface area contributed by atoms with E-state index >= 15 is 0 Å². The molecule has 0 aliphatic rings. The zero-order valence-electron chi connectivity index (χ0n) is 16.1. The van der Waals surface area contributed by atoms with Crippen LogP contribution in [0, 0.1) is 0 Å². The van der Waals surface area contributed by atoms with Crippen LogP contribution < -0.4 is 0 Å². The van der Waals surface area contributed by atoms with Gasteiger partial charge in [-0.3, -0.25) is 0 Å². The summed E-state index contributed by atoms with van der Waals surface area (Å²) in [4.78, 5) is 5.03. The molecular weight excluding hydrogens is 378 g/mol. The highest BCUT2D eigenvalue weighted by molar-refractivity contribution is 6.32. The molecular formula is C25H18ClN3. The summed E-state index contributed by atoms with van der Waals surface area (Å²) in [7, 11) is 4.19. The summed E-state index contributed by atoms with van der Waals surface area (Å²) < 4.78 is 4.38. The van der Waals surface area contributed by atoms with Crippen LogP contribution in [0.15, 0.2) is 72.9 Å². The maximum atomic E-state index is 6.44. The molecule has 0 fully saturated rings. The average molecular weight is 396 g/mol. The Hall–Kier alpha value is -3.30. The van der Waals surface area contributed by atoms with Crippen LogP contribution in [0.25, 0.3) is 54.9 Å². The number of halogens is 1. The fraction of sp³-hybridized carbons (Fsp3) is 0.0800. The second-order valence-electron chi connectivity index (χ2n) is 7.59. The van der Waals surface area contributed by atoms with E-state index in [2.05, 4.69) is 78.0 Å². The molecule has 0 N–H and O–H groups in total. The van der Waals surface area contributed by atoms with Crippen LogP contribution in [0.2, 0.25) is 5.02 Å². The van der Waals surface area contributed by atoms with Gasteiger partial charge in [-0.25, -0.2) is 4.98 Å². The van der Waals surface area contributed by atoms with Crippen molar-refractivity contribution in [2.45, 2.75) is 0 Å². The molecule has 29 heavy (non-hydrogen) atoms. The average Bonchev–Trinajstić information content (AvgIpc) is 3.22. The highest BCUT2D eigenvalue weighted by Crippen LogP contribution is 2.43. The van der Waals surface area contributed by atoms with Crippen molar-refractivity contribution in [2.75, 3.05) is 0 Å². The molecule has 0 saturated carbocycles. The van der Waals surface area contributed by atoms with Gasteiger partial charge in [0.1, 0.15) is 5.65 Å². The first kappa shape index (κ1) is 16.6. The fourth-order valence-electron chi connectivity index (χ4n) is 4.63. The third kappa shape index (κ3) is 2.22. The number of hydrogen-bond donors (Lipinski definition) is 0. The van der Waals surface area contributed by atoms with Gasteiger partial charge in [-0.05, 0) is 30.3 Å². The Labute approximate surface area is 172 Å². The first-order valence-electron chi connectivity index (χ1n) is 9.64. The van der Waals surface area contributed by atoms with Crippen molar-refractivity contribution >= 4 is 55.3 Å². The van der Waals surface area contributed by atoms with E-state index < -0.39 is 0 Å². The van der Waals surface area contributed by atoms with E-state index in [4.69, 9.17) is 16.6 Å². The molecule has 140 valence electrons. The van der Waals surface area contributed by atoms with Crippen LogP contribution in [0.4, 0.5) is 0 Å². The predicted octanol–water partition coefficient (Wildman–Crippen LogP) is 6.69. The van der Waals surface area contributed by atoms with Crippen LogP contribution in [0.3, 0.4) is 0 Å². The first-order valence-corrected chi connectivity index (χ1v) is 10.0. The van der Waals surface area contributed by atoms with Crippen LogP contribution in [0.5, 0.6) is 0 Å². The van der Waals surface area contributed by atoms with Crippen LogP contribution in [-0.4, -0.2) is 14.1 Å². The van der Waals surface area contributed by atoms with E-state index in [1.165, 1.54) is 38.3 Å². The van der Waals surface area contributed by atoms with E-state index in [1.807, 2.05) is 18.2 Å². The van der Waals surface area contributed by atoms with Crippen molar-refractivity contribution in [3.63, 3.8) is 0 Å². The lowest BCUT2D eigenvalue weighted by Gasteiger charge is -2.10. The summed E-state index contributed by atoms with van der Waals surface area (Å²) in [6, 6.07) is 23.0. The number of aromatic nitrogens is 3. The lowest BCUT2D eigenvalue weighted by Crippen LogP contribution is -1.92. The first-order chi connectivity index (χ1) is 14.1. The third-order valence-corrected chi connectivity index (χ3v) is 6.18. The Kier molecular flexibility index (Phi) is 3.36. The number of hydrogen-bond acceptors (Lipinski definition) is 1. The van der Waals surface area contributed by atoms with Crippen molar-refractivity contribution in [1.82, 2.24) is 14.1 Å². The molecule has 0 spiro atoms. The number of fused-ring (bicyclic) bond motifs is 5. The second kappa shape index (κ2) is 5.85. The minimum Gasteiger partial charge on any atom is -0.350 e. The van der Waals surface area contributed by atoms with E-state index in [9.17, 15) is 0 Å². The summed E-state index contributed by atoms with van der Waals surface area (Å²) in [6.07, 6.45) is 2.22. The quantitative estimate of drug-likeness (QED) is 0.304. The van der Waals surface area contributed by atoms with Gasteiger partial charge in [-0.1, -0.05) is 48.0 Å². The van der Waals surface area contributed by atoms with Crippen molar-refractivity contribution in [3.8, 4) is 11.1 Å². The van der Waals surface area contributed by atoms with E-state index in [0.717, 1.165) is 21.6 Å². The van der Waals surface area contributed by atoms with Gasteiger partial charge < -0.3 is 9.13 Å². The van der Waals surface area contributed by atoms with Crippen molar-refractivity contribution in [2.24, 2.45) is 14.1 Å². The summed E-state index contributed by atoms with van der Waals surface area (Å²) in [5.41, 5.74) is 6.74. The molecule has 6 rings (SSSR count). The molecule has 3 aromatic carbocycles. The monoisotopic (exact) mass is 395 g/mol. The SMILES string of the molecule is Cn1cc(-c2c3cc(Cl)ccc3nc3c2c2ccccc2n3C)c2ccccc21. The van der Waals surface area contributed by atoms with Crippen molar-refractivity contribution in [3.05, 3.63) is 77.9 Å². The van der Waals surface area contributed by atoms with Crippen molar-refractivity contribution in [1.29, 1.82) is 0 Å². The molecule has 0 radical (unpaired) electrons. The lowest BCUT2D eigenvalue weighted by atomic mass is 9.96. The van der Waals surface area contributed by atoms with Gasteiger partial charge in [0, 0.05) is 63.5 Å². The zero-order chi connectivity index (χ0) is 19.7. The molecule has 3 nitrogen and oxygen atoms in total. The summed E-state index contributed by atoms with van der Waals surface area (Å²) in [6.45, 7) is 0. The highest BCUT2D eigenvalue weighted by Gasteiger charge is 2.20. The highest BCUT2D eigenvalue weighted by atomic mass is 35.5. The number of nitrogens with zero attached hydrogens (tertiary/aromatic N) is 3. The molecule has 0 aliphatic heterocycles. The Bertz CT molecular complexity index is 1590. The minimum atomic E-state index is 0.723. The van der Waals surface area contributed by atoms with E-state index in [1.54, 1.807) is 0 Å².